The van der Waals surface area contributed by atoms with Crippen LogP contribution in [0.25, 0.3) is 10.9 Å². The average molecular weight is 462 g/mol. The molecule has 1 saturated heterocycles. The van der Waals surface area contributed by atoms with E-state index in [9.17, 15) is 20.4 Å². The number of aliphatic hydroxyl groups excluding tert-OH is 4. The van der Waals surface area contributed by atoms with E-state index < -0.39 is 37.3 Å². The fourth-order valence-electron chi connectivity index (χ4n) is 4.17. The Kier molecular flexibility index (Phi) is 6.76. The highest BCUT2D eigenvalue weighted by Gasteiger charge is 2.44. The number of hydrogen-bond donors (Lipinski definition) is 4. The number of ether oxygens (including phenoxy) is 2. The van der Waals surface area contributed by atoms with E-state index in [-0.39, 0.29) is 6.10 Å². The molecule has 0 bridgehead atoms. The van der Waals surface area contributed by atoms with E-state index in [4.69, 9.17) is 21.1 Å². The van der Waals surface area contributed by atoms with Crippen molar-refractivity contribution in [1.29, 1.82) is 0 Å². The third-order valence-corrected chi connectivity index (χ3v) is 6.02. The summed E-state index contributed by atoms with van der Waals surface area (Å²) in [6, 6.07) is 13.4. The number of hydrogen-bond acceptors (Lipinski definition) is 6. The van der Waals surface area contributed by atoms with Crippen molar-refractivity contribution in [2.75, 3.05) is 6.61 Å². The van der Waals surface area contributed by atoms with Gasteiger partial charge < -0.3 is 34.5 Å². The molecule has 172 valence electrons. The second kappa shape index (κ2) is 9.39. The zero-order valence-electron chi connectivity index (χ0n) is 17.9. The highest BCUT2D eigenvalue weighted by atomic mass is 35.5. The average Bonchev–Trinajstić information content (AvgIpc) is 3.13. The number of aromatic nitrogens is 1. The molecule has 0 spiro atoms. The molecule has 1 aliphatic rings. The lowest BCUT2D eigenvalue weighted by molar-refractivity contribution is -0.250. The van der Waals surface area contributed by atoms with Gasteiger partial charge in [-0.15, -0.1) is 0 Å². The maximum absolute atomic E-state index is 10.6. The van der Waals surface area contributed by atoms with Gasteiger partial charge in [0.15, 0.2) is 6.23 Å². The lowest BCUT2D eigenvalue weighted by Gasteiger charge is -2.40. The summed E-state index contributed by atoms with van der Waals surface area (Å²) in [6.45, 7) is 3.46. The summed E-state index contributed by atoms with van der Waals surface area (Å²) in [5, 5.41) is 41.9. The van der Waals surface area contributed by atoms with Crippen LogP contribution in [0.4, 0.5) is 0 Å². The van der Waals surface area contributed by atoms with Crippen LogP contribution in [0, 0.1) is 0 Å². The predicted octanol–water partition coefficient (Wildman–Crippen LogP) is 2.65. The Labute approximate surface area is 191 Å². The van der Waals surface area contributed by atoms with E-state index >= 15 is 0 Å². The van der Waals surface area contributed by atoms with Gasteiger partial charge >= 0.3 is 0 Å². The number of halogens is 1. The fourth-order valence-corrected chi connectivity index (χ4v) is 4.44. The summed E-state index contributed by atoms with van der Waals surface area (Å²) in [5.41, 5.74) is 2.67. The van der Waals surface area contributed by atoms with Gasteiger partial charge in [0.05, 0.1) is 23.3 Å². The first-order valence-corrected chi connectivity index (χ1v) is 11.0. The van der Waals surface area contributed by atoms with E-state index in [1.807, 2.05) is 56.4 Å². The molecular formula is C24H28ClNO6. The number of nitrogens with zero attached hydrogens (tertiary/aromatic N) is 1. The molecular weight excluding hydrogens is 434 g/mol. The van der Waals surface area contributed by atoms with Gasteiger partial charge in [0, 0.05) is 11.6 Å². The van der Waals surface area contributed by atoms with Crippen LogP contribution in [0.3, 0.4) is 0 Å². The van der Waals surface area contributed by atoms with Gasteiger partial charge in [-0.25, -0.2) is 0 Å². The number of rotatable bonds is 6. The first-order valence-electron chi connectivity index (χ1n) is 10.6. The summed E-state index contributed by atoms with van der Waals surface area (Å²) in [6.07, 6.45) is -3.79. The fraction of sp³-hybridized carbons (Fsp3) is 0.417. The van der Waals surface area contributed by atoms with E-state index in [0.29, 0.717) is 17.0 Å². The maximum Gasteiger partial charge on any atom is 0.163 e. The molecule has 4 rings (SSSR count). The summed E-state index contributed by atoms with van der Waals surface area (Å²) in [5.74, 6) is 0.801. The minimum atomic E-state index is -1.47. The summed E-state index contributed by atoms with van der Waals surface area (Å²) >= 11 is 6.51. The van der Waals surface area contributed by atoms with Crippen molar-refractivity contribution >= 4 is 22.5 Å². The minimum absolute atomic E-state index is 0.0968. The Hall–Kier alpha value is -2.13. The van der Waals surface area contributed by atoms with Gasteiger partial charge in [-0.1, -0.05) is 35.9 Å². The van der Waals surface area contributed by atoms with Gasteiger partial charge in [0.1, 0.15) is 30.2 Å². The highest BCUT2D eigenvalue weighted by Crippen LogP contribution is 2.36. The Balaban J connectivity index is 1.71. The van der Waals surface area contributed by atoms with Crippen molar-refractivity contribution in [3.05, 3.63) is 64.8 Å². The molecule has 0 aliphatic carbocycles. The topological polar surface area (TPSA) is 104 Å². The number of para-hydroxylation sites is 1. The first kappa shape index (κ1) is 23.0. The first-order chi connectivity index (χ1) is 15.3. The zero-order valence-corrected chi connectivity index (χ0v) is 18.7. The van der Waals surface area contributed by atoms with E-state index in [1.54, 1.807) is 10.6 Å². The predicted molar refractivity (Wildman–Crippen MR) is 121 cm³/mol. The molecule has 2 heterocycles. The van der Waals surface area contributed by atoms with Gasteiger partial charge in [-0.3, -0.25) is 0 Å². The molecule has 2 aromatic carbocycles. The molecule has 8 heteroatoms. The van der Waals surface area contributed by atoms with Crippen LogP contribution in [0.2, 0.25) is 5.02 Å². The number of aliphatic hydroxyl groups is 4. The van der Waals surface area contributed by atoms with Gasteiger partial charge in [0.25, 0.3) is 0 Å². The molecule has 4 N–H and O–H groups in total. The van der Waals surface area contributed by atoms with Crippen LogP contribution in [-0.4, -0.2) is 62.1 Å². The van der Waals surface area contributed by atoms with Gasteiger partial charge in [-0.2, -0.15) is 0 Å². The monoisotopic (exact) mass is 461 g/mol. The third kappa shape index (κ3) is 4.37. The quantitative estimate of drug-likeness (QED) is 0.450. The largest absolute Gasteiger partial charge is 0.491 e. The minimum Gasteiger partial charge on any atom is -0.491 e. The Bertz CT molecular complexity index is 1060. The molecule has 0 unspecified atom stereocenters. The summed E-state index contributed by atoms with van der Waals surface area (Å²) in [4.78, 5) is 0. The van der Waals surface area contributed by atoms with Gasteiger partial charge in [-0.05, 0) is 49.6 Å². The van der Waals surface area contributed by atoms with Crippen LogP contribution >= 0.6 is 11.6 Å². The van der Waals surface area contributed by atoms with Crippen molar-refractivity contribution in [1.82, 2.24) is 4.57 Å². The smallest absolute Gasteiger partial charge is 0.163 e. The van der Waals surface area contributed by atoms with Crippen molar-refractivity contribution in [2.45, 2.75) is 57.0 Å². The molecule has 1 fully saturated rings. The molecule has 3 aromatic rings. The number of fused-ring (bicyclic) bond motifs is 1. The molecule has 0 radical (unpaired) electrons. The second-order valence-electron chi connectivity index (χ2n) is 8.40. The molecule has 0 saturated carbocycles. The normalized spacial score (nSPS) is 26.1. The Morgan fingerprint density at radius 2 is 1.75 bits per heavy atom. The number of benzene rings is 2. The molecule has 1 aromatic heterocycles. The third-order valence-electron chi connectivity index (χ3n) is 5.72. The van der Waals surface area contributed by atoms with Crippen LogP contribution in [0.5, 0.6) is 5.75 Å². The zero-order chi connectivity index (χ0) is 23.0. The SMILES string of the molecule is CC(C)Oc1ccc(Cc2cn([C@@H]3O[C@H](CO)[C@@H](O)[C@H](O)[C@H]3O)c3c(Cl)cccc23)cc1. The molecule has 5 atom stereocenters. The van der Waals surface area contributed by atoms with Crippen LogP contribution in [-0.2, 0) is 11.2 Å². The Morgan fingerprint density at radius 3 is 2.41 bits per heavy atom. The van der Waals surface area contributed by atoms with Gasteiger partial charge in [0.2, 0.25) is 0 Å². The summed E-state index contributed by atoms with van der Waals surface area (Å²) in [7, 11) is 0. The van der Waals surface area contributed by atoms with Crippen molar-refractivity contribution in [3.63, 3.8) is 0 Å². The van der Waals surface area contributed by atoms with Crippen LogP contribution in [0.1, 0.15) is 31.2 Å². The van der Waals surface area contributed by atoms with Crippen LogP contribution < -0.4 is 4.74 Å². The van der Waals surface area contributed by atoms with Crippen molar-refractivity contribution in [2.24, 2.45) is 0 Å². The molecule has 32 heavy (non-hydrogen) atoms. The van der Waals surface area contributed by atoms with E-state index in [2.05, 4.69) is 0 Å². The molecule has 0 amide bonds. The lowest BCUT2D eigenvalue weighted by Crippen LogP contribution is -2.56. The standard InChI is InChI=1S/C24H28ClNO6/c1-13(2)31-16-8-6-14(7-9-16)10-15-11-26(20-17(15)4-3-5-18(20)25)24-23(30)22(29)21(28)19(12-27)32-24/h3-9,11,13,19,21-24,27-30H,10,12H2,1-2H3/t19-,21-,22+,23-,24-/m1/s1. The lowest BCUT2D eigenvalue weighted by atomic mass is 9.98. The van der Waals surface area contributed by atoms with E-state index in [0.717, 1.165) is 22.3 Å². The van der Waals surface area contributed by atoms with Crippen LogP contribution in [0.15, 0.2) is 48.7 Å². The second-order valence-corrected chi connectivity index (χ2v) is 8.81. The van der Waals surface area contributed by atoms with Crippen molar-refractivity contribution < 1.29 is 29.9 Å². The molecule has 7 nitrogen and oxygen atoms in total. The summed E-state index contributed by atoms with van der Waals surface area (Å²) < 4.78 is 13.2. The molecule has 1 aliphatic heterocycles. The maximum atomic E-state index is 10.6. The van der Waals surface area contributed by atoms with Crippen molar-refractivity contribution in [3.8, 4) is 5.75 Å². The van der Waals surface area contributed by atoms with E-state index in [1.165, 1.54) is 0 Å². The Morgan fingerprint density at radius 1 is 1.03 bits per heavy atom. The highest BCUT2D eigenvalue weighted by molar-refractivity contribution is 6.35.